The molecular weight excluding hydrogens is 371 g/mol. The molecule has 2 aromatic carbocycles. The maximum absolute atomic E-state index is 13.1. The van der Waals surface area contributed by atoms with E-state index in [9.17, 15) is 14.0 Å². The molecule has 6 nitrogen and oxygen atoms in total. The lowest BCUT2D eigenvalue weighted by Crippen LogP contribution is -2.34. The molecule has 0 bridgehead atoms. The number of benzene rings is 2. The molecule has 0 unspecified atom stereocenters. The van der Waals surface area contributed by atoms with E-state index in [2.05, 4.69) is 15.4 Å². The summed E-state index contributed by atoms with van der Waals surface area (Å²) >= 11 is 0. The first-order valence-corrected chi connectivity index (χ1v) is 9.26. The van der Waals surface area contributed by atoms with Gasteiger partial charge in [0.2, 0.25) is 5.91 Å². The van der Waals surface area contributed by atoms with Crippen LogP contribution >= 0.6 is 0 Å². The van der Waals surface area contributed by atoms with Gasteiger partial charge in [0.1, 0.15) is 12.4 Å². The zero-order chi connectivity index (χ0) is 20.2. The van der Waals surface area contributed by atoms with Gasteiger partial charge in [0.05, 0.1) is 5.69 Å². The van der Waals surface area contributed by atoms with Crippen LogP contribution in [-0.2, 0) is 17.8 Å². The van der Waals surface area contributed by atoms with Gasteiger partial charge in [-0.15, -0.1) is 0 Å². The smallest absolute Gasteiger partial charge is 0.267 e. The lowest BCUT2D eigenvalue weighted by atomic mass is 10.1. The van der Waals surface area contributed by atoms with E-state index < -0.39 is 0 Å². The average molecular weight is 390 g/mol. The summed E-state index contributed by atoms with van der Waals surface area (Å²) in [6, 6.07) is 16.7. The lowest BCUT2D eigenvalue weighted by molar-refractivity contribution is -0.121. The summed E-state index contributed by atoms with van der Waals surface area (Å²) in [5.41, 5.74) is 2.97. The van der Waals surface area contributed by atoms with Gasteiger partial charge in [0, 0.05) is 35.3 Å². The summed E-state index contributed by atoms with van der Waals surface area (Å²) in [7, 11) is 0. The molecular formula is C22H19FN4O2. The molecule has 0 fully saturated rings. The van der Waals surface area contributed by atoms with Gasteiger partial charge in [-0.05, 0) is 48.4 Å². The Kier molecular flexibility index (Phi) is 5.20. The molecule has 2 N–H and O–H groups in total. The van der Waals surface area contributed by atoms with Crippen LogP contribution in [0.2, 0.25) is 0 Å². The van der Waals surface area contributed by atoms with Crippen molar-refractivity contribution < 1.29 is 9.18 Å². The van der Waals surface area contributed by atoms with Crippen LogP contribution in [0.1, 0.15) is 5.56 Å². The number of halogens is 1. The SMILES string of the molecule is O=C(Cn1nc(-c2ccc(F)cc2)ccc1=O)NCCc1c[nH]c2ccccc12. The molecule has 0 atom stereocenters. The number of carbonyl (C=O) groups is 1. The molecule has 4 rings (SSSR count). The Morgan fingerprint density at radius 3 is 2.69 bits per heavy atom. The zero-order valence-corrected chi connectivity index (χ0v) is 15.6. The van der Waals surface area contributed by atoms with Gasteiger partial charge in [-0.1, -0.05) is 18.2 Å². The number of hydrogen-bond donors (Lipinski definition) is 2. The van der Waals surface area contributed by atoms with Crippen molar-refractivity contribution in [3.05, 3.63) is 88.6 Å². The third-order valence-electron chi connectivity index (χ3n) is 4.69. The van der Waals surface area contributed by atoms with Crippen LogP contribution in [0.15, 0.2) is 71.7 Å². The Labute approximate surface area is 166 Å². The minimum absolute atomic E-state index is 0.179. The van der Waals surface area contributed by atoms with Crippen LogP contribution < -0.4 is 10.9 Å². The Morgan fingerprint density at radius 2 is 1.86 bits per heavy atom. The number of nitrogens with one attached hydrogen (secondary N) is 2. The zero-order valence-electron chi connectivity index (χ0n) is 15.6. The van der Waals surface area contributed by atoms with Gasteiger partial charge >= 0.3 is 0 Å². The number of hydrogen-bond acceptors (Lipinski definition) is 3. The van der Waals surface area contributed by atoms with Gasteiger partial charge in [-0.2, -0.15) is 5.10 Å². The van der Waals surface area contributed by atoms with Crippen molar-refractivity contribution in [1.82, 2.24) is 20.1 Å². The number of nitrogens with zero attached hydrogens (tertiary/aromatic N) is 2. The third-order valence-corrected chi connectivity index (χ3v) is 4.69. The van der Waals surface area contributed by atoms with E-state index in [-0.39, 0.29) is 23.8 Å². The Bertz CT molecular complexity index is 1210. The predicted molar refractivity (Wildman–Crippen MR) is 109 cm³/mol. The molecule has 2 aromatic heterocycles. The minimum atomic E-state index is -0.373. The summed E-state index contributed by atoms with van der Waals surface area (Å²) in [5, 5.41) is 8.18. The van der Waals surface area contributed by atoms with Crippen molar-refractivity contribution in [2.75, 3.05) is 6.54 Å². The maximum Gasteiger partial charge on any atom is 0.267 e. The van der Waals surface area contributed by atoms with Crippen molar-refractivity contribution in [3.8, 4) is 11.3 Å². The van der Waals surface area contributed by atoms with Crippen molar-refractivity contribution in [1.29, 1.82) is 0 Å². The molecule has 0 saturated carbocycles. The second kappa shape index (κ2) is 8.10. The number of carbonyl (C=O) groups excluding carboxylic acids is 1. The number of aromatic amines is 1. The average Bonchev–Trinajstić information content (AvgIpc) is 3.14. The molecule has 1 amide bonds. The van der Waals surface area contributed by atoms with Crippen LogP contribution in [0.25, 0.3) is 22.2 Å². The number of fused-ring (bicyclic) bond motifs is 1. The van der Waals surface area contributed by atoms with E-state index in [1.807, 2.05) is 30.5 Å². The summed E-state index contributed by atoms with van der Waals surface area (Å²) < 4.78 is 14.2. The number of amides is 1. The summed E-state index contributed by atoms with van der Waals surface area (Å²) in [6.45, 7) is 0.273. The van der Waals surface area contributed by atoms with Gasteiger partial charge < -0.3 is 10.3 Å². The highest BCUT2D eigenvalue weighted by atomic mass is 19.1. The summed E-state index contributed by atoms with van der Waals surface area (Å²) in [5.74, 6) is -0.646. The highest BCUT2D eigenvalue weighted by Crippen LogP contribution is 2.18. The second-order valence-corrected chi connectivity index (χ2v) is 6.68. The molecule has 146 valence electrons. The summed E-state index contributed by atoms with van der Waals surface area (Å²) in [4.78, 5) is 27.5. The lowest BCUT2D eigenvalue weighted by Gasteiger charge is -2.08. The van der Waals surface area contributed by atoms with Crippen LogP contribution in [0, 0.1) is 5.82 Å². The van der Waals surface area contributed by atoms with E-state index in [1.54, 1.807) is 18.2 Å². The van der Waals surface area contributed by atoms with Crippen molar-refractivity contribution >= 4 is 16.8 Å². The molecule has 0 spiro atoms. The van der Waals surface area contributed by atoms with E-state index >= 15 is 0 Å². The standard InChI is InChI=1S/C22H19FN4O2/c23-17-7-5-15(6-8-17)19-9-10-22(29)27(26-19)14-21(28)24-12-11-16-13-25-20-4-2-1-3-18(16)20/h1-10,13,25H,11-12,14H2,(H,24,28). The molecule has 0 saturated heterocycles. The Morgan fingerprint density at radius 1 is 1.07 bits per heavy atom. The number of H-pyrrole nitrogens is 1. The van der Waals surface area contributed by atoms with Crippen LogP contribution in [0.3, 0.4) is 0 Å². The highest BCUT2D eigenvalue weighted by molar-refractivity contribution is 5.83. The molecule has 4 aromatic rings. The molecule has 2 heterocycles. The van der Waals surface area contributed by atoms with Crippen LogP contribution in [0.5, 0.6) is 0 Å². The molecule has 0 aliphatic rings. The second-order valence-electron chi connectivity index (χ2n) is 6.68. The number of aromatic nitrogens is 3. The number of para-hydroxylation sites is 1. The quantitative estimate of drug-likeness (QED) is 0.531. The van der Waals surface area contributed by atoms with Gasteiger partial charge in [0.25, 0.3) is 5.56 Å². The molecule has 7 heteroatoms. The van der Waals surface area contributed by atoms with Gasteiger partial charge in [-0.25, -0.2) is 9.07 Å². The summed E-state index contributed by atoms with van der Waals surface area (Å²) in [6.07, 6.45) is 2.61. The van der Waals surface area contributed by atoms with E-state index in [0.29, 0.717) is 24.2 Å². The Balaban J connectivity index is 1.39. The topological polar surface area (TPSA) is 79.8 Å². The Hall–Kier alpha value is -3.74. The third kappa shape index (κ3) is 4.24. The molecule has 0 aliphatic heterocycles. The van der Waals surface area contributed by atoms with Crippen molar-refractivity contribution in [3.63, 3.8) is 0 Å². The molecule has 29 heavy (non-hydrogen) atoms. The van der Waals surface area contributed by atoms with Crippen molar-refractivity contribution in [2.24, 2.45) is 0 Å². The van der Waals surface area contributed by atoms with Gasteiger partial charge in [0.15, 0.2) is 0 Å². The fourth-order valence-corrected chi connectivity index (χ4v) is 3.20. The molecule has 0 radical (unpaired) electrons. The van der Waals surface area contributed by atoms with Gasteiger partial charge in [-0.3, -0.25) is 9.59 Å². The maximum atomic E-state index is 13.1. The van der Waals surface area contributed by atoms with E-state index in [0.717, 1.165) is 21.1 Å². The highest BCUT2D eigenvalue weighted by Gasteiger charge is 2.09. The van der Waals surface area contributed by atoms with Crippen LogP contribution in [-0.4, -0.2) is 27.2 Å². The van der Waals surface area contributed by atoms with Crippen molar-refractivity contribution in [2.45, 2.75) is 13.0 Å². The van der Waals surface area contributed by atoms with Crippen LogP contribution in [0.4, 0.5) is 4.39 Å². The first kappa shape index (κ1) is 18.6. The van der Waals surface area contributed by atoms with E-state index in [1.165, 1.54) is 18.2 Å². The number of rotatable bonds is 6. The fraction of sp³-hybridized carbons (Fsp3) is 0.136. The monoisotopic (exact) mass is 390 g/mol. The van der Waals surface area contributed by atoms with E-state index in [4.69, 9.17) is 0 Å². The molecule has 0 aliphatic carbocycles. The fourth-order valence-electron chi connectivity index (χ4n) is 3.20. The predicted octanol–water partition coefficient (Wildman–Crippen LogP) is 2.89. The largest absolute Gasteiger partial charge is 0.361 e. The first-order valence-electron chi connectivity index (χ1n) is 9.26. The minimum Gasteiger partial charge on any atom is -0.361 e. The first-order chi connectivity index (χ1) is 14.1. The normalized spacial score (nSPS) is 10.9.